The number of hydrogen-bond donors (Lipinski definition) is 1. The van der Waals surface area contributed by atoms with Crippen molar-refractivity contribution in [3.63, 3.8) is 0 Å². The fourth-order valence-electron chi connectivity index (χ4n) is 3.04. The minimum atomic E-state index is 0.541. The number of nitrogens with one attached hydrogen (secondary N) is 1. The van der Waals surface area contributed by atoms with Gasteiger partial charge in [-0.2, -0.15) is 0 Å². The maximum Gasteiger partial charge on any atom is 0.0449 e. The van der Waals surface area contributed by atoms with Crippen LogP contribution in [0.3, 0.4) is 0 Å². The molecule has 0 radical (unpaired) electrons. The molecule has 0 amide bonds. The SMILES string of the molecule is CNC(CCC1CCCC1)Cc1ccc(Br)cc1Cl. The van der Waals surface area contributed by atoms with Crippen LogP contribution in [-0.4, -0.2) is 13.1 Å². The predicted molar refractivity (Wildman–Crippen MR) is 86.9 cm³/mol. The Balaban J connectivity index is 1.86. The summed E-state index contributed by atoms with van der Waals surface area (Å²) in [6.45, 7) is 0. The zero-order chi connectivity index (χ0) is 13.7. The molecule has 1 atom stereocenters. The average Bonchev–Trinajstić information content (AvgIpc) is 2.90. The lowest BCUT2D eigenvalue weighted by Gasteiger charge is -2.19. The van der Waals surface area contributed by atoms with Gasteiger partial charge in [0.05, 0.1) is 0 Å². The van der Waals surface area contributed by atoms with E-state index in [2.05, 4.69) is 40.4 Å². The van der Waals surface area contributed by atoms with Crippen LogP contribution in [0.25, 0.3) is 0 Å². The standard InChI is InChI=1S/C16H23BrClN/c1-19-15(9-6-12-4-2-3-5-12)10-13-7-8-14(17)11-16(13)18/h7-8,11-12,15,19H,2-6,9-10H2,1H3. The Morgan fingerprint density at radius 1 is 1.37 bits per heavy atom. The summed E-state index contributed by atoms with van der Waals surface area (Å²) < 4.78 is 1.05. The Morgan fingerprint density at radius 2 is 2.11 bits per heavy atom. The van der Waals surface area contributed by atoms with Crippen molar-refractivity contribution in [1.29, 1.82) is 0 Å². The van der Waals surface area contributed by atoms with Crippen molar-refractivity contribution in [3.05, 3.63) is 33.3 Å². The fourth-order valence-corrected chi connectivity index (χ4v) is 3.79. The van der Waals surface area contributed by atoms with Crippen LogP contribution in [-0.2, 0) is 6.42 Å². The van der Waals surface area contributed by atoms with Crippen LogP contribution in [0.1, 0.15) is 44.1 Å². The summed E-state index contributed by atoms with van der Waals surface area (Å²) in [5.74, 6) is 0.969. The zero-order valence-electron chi connectivity index (χ0n) is 11.6. The third kappa shape index (κ3) is 4.77. The van der Waals surface area contributed by atoms with Gasteiger partial charge in [0.1, 0.15) is 0 Å². The lowest BCUT2D eigenvalue weighted by Crippen LogP contribution is -2.28. The molecule has 0 spiro atoms. The highest BCUT2D eigenvalue weighted by atomic mass is 79.9. The second kappa shape index (κ2) is 7.66. The molecule has 1 aromatic rings. The van der Waals surface area contributed by atoms with E-state index < -0.39 is 0 Å². The monoisotopic (exact) mass is 343 g/mol. The van der Waals surface area contributed by atoms with Gasteiger partial charge in [-0.15, -0.1) is 0 Å². The molecule has 1 aliphatic carbocycles. The van der Waals surface area contributed by atoms with Gasteiger partial charge in [0, 0.05) is 15.5 Å². The van der Waals surface area contributed by atoms with E-state index in [1.807, 2.05) is 6.07 Å². The molecule has 3 heteroatoms. The third-order valence-corrected chi connectivity index (χ3v) is 5.13. The molecule has 1 fully saturated rings. The number of likely N-dealkylation sites (N-methyl/N-ethyl adjacent to an activating group) is 1. The highest BCUT2D eigenvalue weighted by Gasteiger charge is 2.17. The number of halogens is 2. The van der Waals surface area contributed by atoms with Gasteiger partial charge in [0.25, 0.3) is 0 Å². The van der Waals surface area contributed by atoms with Crippen molar-refractivity contribution >= 4 is 27.5 Å². The molecule has 1 aliphatic rings. The molecule has 0 aliphatic heterocycles. The normalized spacial score (nSPS) is 17.8. The lowest BCUT2D eigenvalue weighted by molar-refractivity contribution is 0.418. The van der Waals surface area contributed by atoms with Gasteiger partial charge >= 0.3 is 0 Å². The molecular weight excluding hydrogens is 322 g/mol. The molecule has 106 valence electrons. The topological polar surface area (TPSA) is 12.0 Å². The summed E-state index contributed by atoms with van der Waals surface area (Å²) >= 11 is 9.75. The molecule has 0 bridgehead atoms. The molecule has 0 aromatic heterocycles. The van der Waals surface area contributed by atoms with Gasteiger partial charge in [-0.25, -0.2) is 0 Å². The number of hydrogen-bond acceptors (Lipinski definition) is 1. The Labute approximate surface area is 130 Å². The van der Waals surface area contributed by atoms with Gasteiger partial charge < -0.3 is 5.32 Å². The zero-order valence-corrected chi connectivity index (χ0v) is 13.9. The quantitative estimate of drug-likeness (QED) is 0.747. The van der Waals surface area contributed by atoms with Gasteiger partial charge in [0.15, 0.2) is 0 Å². The van der Waals surface area contributed by atoms with E-state index in [0.29, 0.717) is 6.04 Å². The predicted octanol–water partition coefficient (Wildman–Crippen LogP) is 5.20. The summed E-state index contributed by atoms with van der Waals surface area (Å²) in [5.41, 5.74) is 1.25. The van der Waals surface area contributed by atoms with Crippen LogP contribution < -0.4 is 5.32 Å². The van der Waals surface area contributed by atoms with E-state index in [9.17, 15) is 0 Å². The lowest BCUT2D eigenvalue weighted by atomic mass is 9.95. The Bertz CT molecular complexity index is 402. The molecule has 2 rings (SSSR count). The summed E-state index contributed by atoms with van der Waals surface area (Å²) in [4.78, 5) is 0. The molecule has 1 saturated carbocycles. The van der Waals surface area contributed by atoms with Crippen molar-refractivity contribution in [1.82, 2.24) is 5.32 Å². The average molecular weight is 345 g/mol. The molecule has 19 heavy (non-hydrogen) atoms. The minimum Gasteiger partial charge on any atom is -0.317 e. The van der Waals surface area contributed by atoms with E-state index in [1.54, 1.807) is 0 Å². The van der Waals surface area contributed by atoms with Crippen molar-refractivity contribution in [2.75, 3.05) is 7.05 Å². The first-order valence-electron chi connectivity index (χ1n) is 7.30. The number of rotatable bonds is 6. The maximum atomic E-state index is 6.30. The molecule has 1 aromatic carbocycles. The minimum absolute atomic E-state index is 0.541. The van der Waals surface area contributed by atoms with Crippen LogP contribution in [0.4, 0.5) is 0 Å². The van der Waals surface area contributed by atoms with Crippen LogP contribution in [0, 0.1) is 5.92 Å². The molecule has 0 saturated heterocycles. The highest BCUT2D eigenvalue weighted by Crippen LogP contribution is 2.30. The van der Waals surface area contributed by atoms with Crippen molar-refractivity contribution in [3.8, 4) is 0 Å². The van der Waals surface area contributed by atoms with E-state index in [1.165, 1.54) is 44.1 Å². The third-order valence-electron chi connectivity index (χ3n) is 4.29. The maximum absolute atomic E-state index is 6.30. The van der Waals surface area contributed by atoms with E-state index in [4.69, 9.17) is 11.6 Å². The largest absolute Gasteiger partial charge is 0.317 e. The summed E-state index contributed by atoms with van der Waals surface area (Å²) in [7, 11) is 2.06. The van der Waals surface area contributed by atoms with Gasteiger partial charge in [-0.3, -0.25) is 0 Å². The Kier molecular flexibility index (Phi) is 6.18. The summed E-state index contributed by atoms with van der Waals surface area (Å²) in [6, 6.07) is 6.73. The second-order valence-electron chi connectivity index (χ2n) is 5.65. The first-order valence-corrected chi connectivity index (χ1v) is 8.47. The number of benzene rings is 1. The van der Waals surface area contributed by atoms with Crippen molar-refractivity contribution in [2.24, 2.45) is 5.92 Å². The Morgan fingerprint density at radius 3 is 2.74 bits per heavy atom. The van der Waals surface area contributed by atoms with Crippen LogP contribution in [0.2, 0.25) is 5.02 Å². The second-order valence-corrected chi connectivity index (χ2v) is 6.98. The smallest absolute Gasteiger partial charge is 0.0449 e. The first kappa shape index (κ1) is 15.3. The summed E-state index contributed by atoms with van der Waals surface area (Å²) in [5, 5.41) is 4.32. The van der Waals surface area contributed by atoms with Gasteiger partial charge in [-0.1, -0.05) is 59.3 Å². The van der Waals surface area contributed by atoms with Gasteiger partial charge in [-0.05, 0) is 49.9 Å². The van der Waals surface area contributed by atoms with Gasteiger partial charge in [0.2, 0.25) is 0 Å². The molecule has 1 unspecified atom stereocenters. The van der Waals surface area contributed by atoms with Crippen LogP contribution in [0.15, 0.2) is 22.7 Å². The van der Waals surface area contributed by atoms with Crippen molar-refractivity contribution in [2.45, 2.75) is 51.0 Å². The molecule has 0 heterocycles. The van der Waals surface area contributed by atoms with Crippen LogP contribution in [0.5, 0.6) is 0 Å². The van der Waals surface area contributed by atoms with Crippen molar-refractivity contribution < 1.29 is 0 Å². The molecule has 1 nitrogen and oxygen atoms in total. The highest BCUT2D eigenvalue weighted by molar-refractivity contribution is 9.10. The Hall–Kier alpha value is -0.0500. The van der Waals surface area contributed by atoms with Crippen LogP contribution >= 0.6 is 27.5 Å². The fraction of sp³-hybridized carbons (Fsp3) is 0.625. The molecule has 1 N–H and O–H groups in total. The summed E-state index contributed by atoms with van der Waals surface area (Å²) in [6.07, 6.45) is 9.40. The first-order chi connectivity index (χ1) is 9.19. The molecular formula is C16H23BrClN. The van der Waals surface area contributed by atoms with E-state index >= 15 is 0 Å². The van der Waals surface area contributed by atoms with E-state index in [0.717, 1.165) is 21.8 Å². The van der Waals surface area contributed by atoms with E-state index in [-0.39, 0.29) is 0 Å².